The maximum absolute atomic E-state index is 12.7. The van der Waals surface area contributed by atoms with Gasteiger partial charge in [0.1, 0.15) is 5.75 Å². The third kappa shape index (κ3) is 3.86. The molecule has 3 heterocycles. The van der Waals surface area contributed by atoms with Crippen LogP contribution in [0.3, 0.4) is 0 Å². The van der Waals surface area contributed by atoms with Gasteiger partial charge in [0.15, 0.2) is 0 Å². The Morgan fingerprint density at radius 3 is 2.65 bits per heavy atom. The van der Waals surface area contributed by atoms with Gasteiger partial charge in [-0.25, -0.2) is 0 Å². The molecule has 2 aliphatic carbocycles. The number of aryl methyl sites for hydroxylation is 1. The van der Waals surface area contributed by atoms with Crippen LogP contribution in [0.15, 0.2) is 42.7 Å². The molecule has 5 nitrogen and oxygen atoms in total. The number of aromatic nitrogens is 1. The number of pyridine rings is 1. The lowest BCUT2D eigenvalue weighted by molar-refractivity contribution is -0.149. The third-order valence-corrected chi connectivity index (χ3v) is 9.44. The number of hydrogen-bond acceptors (Lipinski definition) is 5. The monoisotopic (exact) mass is 461 g/mol. The molecular weight excluding hydrogens is 422 g/mol. The van der Waals surface area contributed by atoms with Crippen molar-refractivity contribution in [1.29, 1.82) is 0 Å². The van der Waals surface area contributed by atoms with E-state index in [0.717, 1.165) is 76.4 Å². The molecule has 1 N–H and O–H groups in total. The van der Waals surface area contributed by atoms with Gasteiger partial charge in [-0.2, -0.15) is 0 Å². The second-order valence-corrected chi connectivity index (χ2v) is 11.2. The van der Waals surface area contributed by atoms with Gasteiger partial charge in [-0.1, -0.05) is 6.07 Å². The molecule has 2 aromatic rings. The van der Waals surface area contributed by atoms with Gasteiger partial charge in [0.05, 0.1) is 12.7 Å². The molecule has 0 radical (unpaired) electrons. The second-order valence-electron chi connectivity index (χ2n) is 11.2. The zero-order valence-corrected chi connectivity index (χ0v) is 20.6. The van der Waals surface area contributed by atoms with Gasteiger partial charge in [0.2, 0.25) is 0 Å². The first-order chi connectivity index (χ1) is 16.6. The quantitative estimate of drug-likeness (QED) is 0.679. The molecule has 3 atom stereocenters. The lowest BCUT2D eigenvalue weighted by Gasteiger charge is -2.61. The summed E-state index contributed by atoms with van der Waals surface area (Å²) in [5.41, 5.74) is 3.33. The van der Waals surface area contributed by atoms with Crippen LogP contribution in [0.2, 0.25) is 0 Å². The topological polar surface area (TPSA) is 48.8 Å². The number of piperidine rings is 1. The molecule has 3 fully saturated rings. The van der Waals surface area contributed by atoms with E-state index in [-0.39, 0.29) is 11.5 Å². The summed E-state index contributed by atoms with van der Waals surface area (Å²) in [5, 5.41) is 12.7. The van der Waals surface area contributed by atoms with Crippen LogP contribution in [0.1, 0.15) is 55.2 Å². The number of fused-ring (bicyclic) bond motifs is 1. The highest BCUT2D eigenvalue weighted by atomic mass is 16.5. The standard InChI is InChI=1S/C29H39N3O2/c1-34-25-7-6-24-19-27-29(33)12-17-31(15-2-3-22-8-13-30-14-9-22)16-10-28(29,26(24)20-25)11-18-32(27)21-23-4-5-23/h6-9,13-14,20,23,27,33H,2-5,10-12,15-19,21H2,1H3. The van der Waals surface area contributed by atoms with Gasteiger partial charge < -0.3 is 14.7 Å². The lowest BCUT2D eigenvalue weighted by atomic mass is 9.52. The highest BCUT2D eigenvalue weighted by Gasteiger charge is 2.63. The summed E-state index contributed by atoms with van der Waals surface area (Å²) < 4.78 is 5.65. The van der Waals surface area contributed by atoms with Gasteiger partial charge >= 0.3 is 0 Å². The molecule has 2 saturated heterocycles. The number of nitrogens with zero attached hydrogens (tertiary/aromatic N) is 3. The first kappa shape index (κ1) is 22.5. The smallest absolute Gasteiger partial charge is 0.119 e. The SMILES string of the molecule is COc1ccc2c(c1)C13CCN(CCCc4ccncc4)CCC1(O)C(C2)N(CC1CC1)CC3. The number of hydrogen-bond donors (Lipinski definition) is 1. The Bertz CT molecular complexity index is 1010. The van der Waals surface area contributed by atoms with Crippen LogP contribution in [-0.2, 0) is 18.3 Å². The molecule has 1 aromatic heterocycles. The van der Waals surface area contributed by atoms with Crippen LogP contribution in [0.4, 0.5) is 0 Å². The lowest BCUT2D eigenvalue weighted by Crippen LogP contribution is -2.71. The molecule has 182 valence electrons. The van der Waals surface area contributed by atoms with Crippen molar-refractivity contribution in [2.24, 2.45) is 5.92 Å². The number of ether oxygens (including phenoxy) is 1. The van der Waals surface area contributed by atoms with E-state index in [0.29, 0.717) is 0 Å². The fourth-order valence-corrected chi connectivity index (χ4v) is 7.31. The predicted molar refractivity (Wildman–Crippen MR) is 134 cm³/mol. The van der Waals surface area contributed by atoms with Crippen molar-refractivity contribution >= 4 is 0 Å². The van der Waals surface area contributed by atoms with Crippen molar-refractivity contribution in [2.75, 3.05) is 39.8 Å². The van der Waals surface area contributed by atoms with Gasteiger partial charge in [0, 0.05) is 36.9 Å². The van der Waals surface area contributed by atoms with Crippen molar-refractivity contribution in [3.8, 4) is 5.75 Å². The molecule has 2 bridgehead atoms. The minimum absolute atomic E-state index is 0.167. The average Bonchev–Trinajstić information content (AvgIpc) is 3.69. The Morgan fingerprint density at radius 1 is 1.06 bits per heavy atom. The van der Waals surface area contributed by atoms with E-state index in [2.05, 4.69) is 45.1 Å². The molecule has 5 heteroatoms. The number of rotatable bonds is 7. The zero-order valence-electron chi connectivity index (χ0n) is 20.6. The van der Waals surface area contributed by atoms with Gasteiger partial charge in [-0.15, -0.1) is 0 Å². The van der Waals surface area contributed by atoms with E-state index in [1.807, 2.05) is 12.4 Å². The number of likely N-dealkylation sites (tertiary alicyclic amines) is 2. The van der Waals surface area contributed by atoms with Crippen molar-refractivity contribution in [3.63, 3.8) is 0 Å². The Hall–Kier alpha value is -1.95. The van der Waals surface area contributed by atoms with Crippen LogP contribution in [0, 0.1) is 5.92 Å². The van der Waals surface area contributed by atoms with Crippen LogP contribution in [0.25, 0.3) is 0 Å². The van der Waals surface area contributed by atoms with E-state index in [1.165, 1.54) is 36.1 Å². The molecule has 4 aliphatic rings. The zero-order chi connectivity index (χ0) is 23.2. The van der Waals surface area contributed by atoms with Crippen molar-refractivity contribution < 1.29 is 9.84 Å². The van der Waals surface area contributed by atoms with Gasteiger partial charge in [-0.3, -0.25) is 9.88 Å². The van der Waals surface area contributed by atoms with Gasteiger partial charge in [0.25, 0.3) is 0 Å². The van der Waals surface area contributed by atoms with E-state index >= 15 is 0 Å². The molecular formula is C29H39N3O2. The normalized spacial score (nSPS) is 31.4. The van der Waals surface area contributed by atoms with Crippen LogP contribution < -0.4 is 4.74 Å². The van der Waals surface area contributed by atoms with Crippen LogP contribution >= 0.6 is 0 Å². The molecule has 1 saturated carbocycles. The molecule has 6 rings (SSSR count). The Labute approximate surface area is 204 Å². The minimum atomic E-state index is -0.667. The first-order valence-electron chi connectivity index (χ1n) is 13.4. The number of aliphatic hydroxyl groups is 1. The molecule has 0 amide bonds. The van der Waals surface area contributed by atoms with E-state index in [4.69, 9.17) is 4.74 Å². The maximum Gasteiger partial charge on any atom is 0.119 e. The molecule has 2 aliphatic heterocycles. The van der Waals surface area contributed by atoms with Crippen molar-refractivity contribution in [3.05, 3.63) is 59.4 Å². The summed E-state index contributed by atoms with van der Waals surface area (Å²) in [6, 6.07) is 11.1. The Balaban J connectivity index is 1.27. The fourth-order valence-electron chi connectivity index (χ4n) is 7.31. The van der Waals surface area contributed by atoms with Crippen LogP contribution in [0.5, 0.6) is 5.75 Å². The Morgan fingerprint density at radius 2 is 1.85 bits per heavy atom. The fraction of sp³-hybridized carbons (Fsp3) is 0.621. The van der Waals surface area contributed by atoms with Crippen LogP contribution in [-0.4, -0.2) is 71.4 Å². The molecule has 34 heavy (non-hydrogen) atoms. The largest absolute Gasteiger partial charge is 0.497 e. The van der Waals surface area contributed by atoms with Crippen molar-refractivity contribution in [1.82, 2.24) is 14.8 Å². The van der Waals surface area contributed by atoms with E-state index < -0.39 is 5.60 Å². The summed E-state index contributed by atoms with van der Waals surface area (Å²) in [5.74, 6) is 1.77. The van der Waals surface area contributed by atoms with Crippen molar-refractivity contribution in [2.45, 2.75) is 68.4 Å². The van der Waals surface area contributed by atoms with E-state index in [1.54, 1.807) is 7.11 Å². The second kappa shape index (κ2) is 8.92. The highest BCUT2D eigenvalue weighted by Crippen LogP contribution is 2.56. The maximum atomic E-state index is 12.7. The third-order valence-electron chi connectivity index (χ3n) is 9.44. The summed E-state index contributed by atoms with van der Waals surface area (Å²) in [4.78, 5) is 9.43. The number of benzene rings is 1. The highest BCUT2D eigenvalue weighted by molar-refractivity contribution is 5.48. The summed E-state index contributed by atoms with van der Waals surface area (Å²) in [6.45, 7) is 5.43. The summed E-state index contributed by atoms with van der Waals surface area (Å²) in [6.07, 6.45) is 12.7. The predicted octanol–water partition coefficient (Wildman–Crippen LogP) is 3.83. The molecule has 3 unspecified atom stereocenters. The molecule has 0 spiro atoms. The minimum Gasteiger partial charge on any atom is -0.497 e. The summed E-state index contributed by atoms with van der Waals surface area (Å²) >= 11 is 0. The first-order valence-corrected chi connectivity index (χ1v) is 13.4. The average molecular weight is 462 g/mol. The van der Waals surface area contributed by atoms with Gasteiger partial charge in [-0.05, 0) is 118 Å². The Kier molecular flexibility index (Phi) is 5.91. The van der Waals surface area contributed by atoms with E-state index in [9.17, 15) is 5.11 Å². The number of methoxy groups -OCH3 is 1. The summed E-state index contributed by atoms with van der Waals surface area (Å²) in [7, 11) is 1.76. The molecule has 1 aromatic carbocycles.